The Hall–Kier alpha value is -3.15. The number of carboxylic acid groups (broad SMARTS) is 2. The molecule has 0 heterocycles. The molecule has 0 saturated heterocycles. The normalized spacial score (nSPS) is 12.1. The minimum Gasteiger partial charge on any atom is -0.479 e. The minimum absolute atomic E-state index is 0.219. The van der Waals surface area contributed by atoms with Gasteiger partial charge in [0.05, 0.1) is 11.3 Å². The first-order valence-electron chi connectivity index (χ1n) is 7.25. The van der Waals surface area contributed by atoms with Gasteiger partial charge in [-0.3, -0.25) is 4.99 Å². The molecular weight excluding hydrogens is 310 g/mol. The molecule has 0 amide bonds. The predicted molar refractivity (Wildman–Crippen MR) is 89.6 cm³/mol. The molecule has 6 heteroatoms. The van der Waals surface area contributed by atoms with E-state index in [1.807, 2.05) is 0 Å². The summed E-state index contributed by atoms with van der Waals surface area (Å²) in [5, 5.41) is 17.9. The highest BCUT2D eigenvalue weighted by Crippen LogP contribution is 2.22. The molecule has 0 aliphatic rings. The van der Waals surface area contributed by atoms with Gasteiger partial charge < -0.3 is 14.9 Å². The maximum absolute atomic E-state index is 11.1. The van der Waals surface area contributed by atoms with Crippen molar-refractivity contribution in [2.45, 2.75) is 20.0 Å². The summed E-state index contributed by atoms with van der Waals surface area (Å²) in [5.74, 6) is -1.57. The van der Waals surface area contributed by atoms with Crippen molar-refractivity contribution in [2.75, 3.05) is 0 Å². The van der Waals surface area contributed by atoms with Crippen molar-refractivity contribution >= 4 is 23.8 Å². The molecule has 0 radical (unpaired) electrons. The van der Waals surface area contributed by atoms with Crippen molar-refractivity contribution in [3.63, 3.8) is 0 Å². The highest BCUT2D eigenvalue weighted by atomic mass is 16.5. The lowest BCUT2D eigenvalue weighted by molar-refractivity contribution is -0.144. The number of hydrogen-bond acceptors (Lipinski definition) is 4. The summed E-state index contributed by atoms with van der Waals surface area (Å²) in [6.07, 6.45) is 0.684. The Morgan fingerprint density at radius 2 is 1.79 bits per heavy atom. The molecule has 24 heavy (non-hydrogen) atoms. The predicted octanol–water partition coefficient (Wildman–Crippen LogP) is 3.30. The van der Waals surface area contributed by atoms with E-state index in [0.29, 0.717) is 17.0 Å². The Morgan fingerprint density at radius 3 is 2.38 bits per heavy atom. The van der Waals surface area contributed by atoms with Crippen LogP contribution in [-0.2, 0) is 4.79 Å². The Balaban J connectivity index is 2.14. The molecule has 124 valence electrons. The van der Waals surface area contributed by atoms with E-state index in [1.54, 1.807) is 49.5 Å². The van der Waals surface area contributed by atoms with E-state index in [4.69, 9.17) is 14.9 Å². The highest BCUT2D eigenvalue weighted by molar-refractivity contribution is 5.91. The molecule has 0 bridgehead atoms. The third-order valence-electron chi connectivity index (χ3n) is 3.43. The maximum Gasteiger partial charge on any atom is 0.344 e. The van der Waals surface area contributed by atoms with Crippen molar-refractivity contribution in [1.82, 2.24) is 0 Å². The monoisotopic (exact) mass is 327 g/mol. The van der Waals surface area contributed by atoms with Gasteiger partial charge in [-0.05, 0) is 61.4 Å². The molecule has 0 aliphatic heterocycles. The highest BCUT2D eigenvalue weighted by Gasteiger charge is 2.12. The smallest absolute Gasteiger partial charge is 0.344 e. The van der Waals surface area contributed by atoms with Gasteiger partial charge in [-0.15, -0.1) is 0 Å². The van der Waals surface area contributed by atoms with Crippen LogP contribution in [0.15, 0.2) is 47.5 Å². The lowest BCUT2D eigenvalue weighted by atomic mass is 10.1. The molecule has 2 N–H and O–H groups in total. The Bertz CT molecular complexity index is 780. The van der Waals surface area contributed by atoms with Crippen LogP contribution < -0.4 is 4.74 Å². The van der Waals surface area contributed by atoms with Crippen molar-refractivity contribution in [3.05, 3.63) is 59.2 Å². The van der Waals surface area contributed by atoms with Gasteiger partial charge in [0.15, 0.2) is 6.10 Å². The van der Waals surface area contributed by atoms with Gasteiger partial charge in [0.1, 0.15) is 5.75 Å². The summed E-state index contributed by atoms with van der Waals surface area (Å²) in [4.78, 5) is 26.2. The first-order valence-corrected chi connectivity index (χ1v) is 7.25. The second-order valence-corrected chi connectivity index (χ2v) is 5.18. The molecule has 6 nitrogen and oxygen atoms in total. The van der Waals surface area contributed by atoms with Crippen LogP contribution in [0.1, 0.15) is 28.4 Å². The van der Waals surface area contributed by atoms with Crippen LogP contribution in [0.4, 0.5) is 5.69 Å². The van der Waals surface area contributed by atoms with Crippen LogP contribution in [0.5, 0.6) is 5.75 Å². The molecule has 0 aliphatic carbocycles. The topological polar surface area (TPSA) is 96.2 Å². The molecule has 0 fully saturated rings. The number of rotatable bonds is 6. The van der Waals surface area contributed by atoms with E-state index in [1.165, 1.54) is 13.0 Å². The first kappa shape index (κ1) is 17.2. The molecular formula is C18H17NO5. The van der Waals surface area contributed by atoms with E-state index < -0.39 is 18.0 Å². The number of aliphatic imine (C=N–C) groups is 1. The number of carbonyl (C=O) groups is 2. The van der Waals surface area contributed by atoms with Gasteiger partial charge in [0, 0.05) is 6.21 Å². The van der Waals surface area contributed by atoms with Gasteiger partial charge in [0.25, 0.3) is 0 Å². The van der Waals surface area contributed by atoms with Crippen LogP contribution in [0, 0.1) is 6.92 Å². The summed E-state index contributed by atoms with van der Waals surface area (Å²) in [5.41, 5.74) is 2.17. The van der Waals surface area contributed by atoms with Crippen LogP contribution in [0.3, 0.4) is 0 Å². The molecule has 0 spiro atoms. The standard InChI is InChI=1S/C18H17NO5/c1-11-15(18(22)23)4-3-5-16(11)19-10-13-6-8-14(9-7-13)24-12(2)17(20)21/h3-10,12H,1-2H3,(H,20,21)(H,22,23)/t12-/m0/s1. The fourth-order valence-electron chi connectivity index (χ4n) is 2.03. The summed E-state index contributed by atoms with van der Waals surface area (Å²) in [6, 6.07) is 11.7. The number of aliphatic carboxylic acids is 1. The van der Waals surface area contributed by atoms with E-state index in [2.05, 4.69) is 4.99 Å². The zero-order valence-corrected chi connectivity index (χ0v) is 13.3. The number of ether oxygens (including phenoxy) is 1. The van der Waals surface area contributed by atoms with Crippen LogP contribution in [0.25, 0.3) is 0 Å². The third kappa shape index (κ3) is 4.19. The third-order valence-corrected chi connectivity index (χ3v) is 3.43. The second kappa shape index (κ2) is 7.41. The molecule has 0 aromatic heterocycles. The van der Waals surface area contributed by atoms with Gasteiger partial charge >= 0.3 is 11.9 Å². The average Bonchev–Trinajstić information content (AvgIpc) is 2.54. The number of nitrogens with zero attached hydrogens (tertiary/aromatic N) is 1. The molecule has 2 aromatic rings. The lowest BCUT2D eigenvalue weighted by Crippen LogP contribution is -2.22. The SMILES string of the molecule is Cc1c(N=Cc2ccc(O[C@@H](C)C(=O)O)cc2)cccc1C(=O)O. The maximum atomic E-state index is 11.1. The van der Waals surface area contributed by atoms with Gasteiger partial charge in [-0.2, -0.15) is 0 Å². The largest absolute Gasteiger partial charge is 0.479 e. The molecule has 1 atom stereocenters. The molecule has 2 rings (SSSR count). The van der Waals surface area contributed by atoms with Crippen molar-refractivity contribution < 1.29 is 24.5 Å². The van der Waals surface area contributed by atoms with E-state index in [9.17, 15) is 9.59 Å². The Labute approximate surface area is 139 Å². The van der Waals surface area contributed by atoms with Crippen molar-refractivity contribution in [2.24, 2.45) is 4.99 Å². The molecule has 2 aromatic carbocycles. The van der Waals surface area contributed by atoms with Crippen LogP contribution in [-0.4, -0.2) is 34.5 Å². The van der Waals surface area contributed by atoms with Crippen molar-refractivity contribution in [1.29, 1.82) is 0 Å². The van der Waals surface area contributed by atoms with Crippen molar-refractivity contribution in [3.8, 4) is 5.75 Å². The van der Waals surface area contributed by atoms with Gasteiger partial charge in [-0.25, -0.2) is 9.59 Å². The summed E-state index contributed by atoms with van der Waals surface area (Å²) >= 11 is 0. The fraction of sp³-hybridized carbons (Fsp3) is 0.167. The first-order chi connectivity index (χ1) is 11.4. The zero-order chi connectivity index (χ0) is 17.7. The number of hydrogen-bond donors (Lipinski definition) is 2. The van der Waals surface area contributed by atoms with E-state index >= 15 is 0 Å². The second-order valence-electron chi connectivity index (χ2n) is 5.18. The number of benzene rings is 2. The average molecular weight is 327 g/mol. The van der Waals surface area contributed by atoms with Gasteiger partial charge in [-0.1, -0.05) is 6.07 Å². The summed E-state index contributed by atoms with van der Waals surface area (Å²) < 4.78 is 5.25. The number of aromatic carboxylic acids is 1. The fourth-order valence-corrected chi connectivity index (χ4v) is 2.03. The summed E-state index contributed by atoms with van der Waals surface area (Å²) in [7, 11) is 0. The Kier molecular flexibility index (Phi) is 5.31. The Morgan fingerprint density at radius 1 is 1.12 bits per heavy atom. The minimum atomic E-state index is -1.03. The zero-order valence-electron chi connectivity index (χ0n) is 13.3. The lowest BCUT2D eigenvalue weighted by Gasteiger charge is -2.10. The quantitative estimate of drug-likeness (QED) is 0.794. The van der Waals surface area contributed by atoms with E-state index in [-0.39, 0.29) is 5.56 Å². The molecule has 0 unspecified atom stereocenters. The number of carboxylic acids is 2. The van der Waals surface area contributed by atoms with Crippen LogP contribution >= 0.6 is 0 Å². The van der Waals surface area contributed by atoms with E-state index in [0.717, 1.165) is 5.56 Å². The summed E-state index contributed by atoms with van der Waals surface area (Å²) in [6.45, 7) is 3.16. The van der Waals surface area contributed by atoms with Crippen LogP contribution in [0.2, 0.25) is 0 Å². The molecule has 0 saturated carbocycles. The van der Waals surface area contributed by atoms with Gasteiger partial charge in [0.2, 0.25) is 0 Å².